The van der Waals surface area contributed by atoms with Gasteiger partial charge in [-0.1, -0.05) is 32.0 Å². The molecule has 0 saturated heterocycles. The van der Waals surface area contributed by atoms with Crippen molar-refractivity contribution in [1.29, 1.82) is 5.41 Å². The standard InChI is InChI=1S/C21H23N5/c1-13(2)21-25-19(20(26-21)17-7-5-6-15(4)24-17)16-9-8-14(3)18(12-16)23-11-10-22/h5-13,22H,1-4H3,(H,25,26)/b22-10?,23-11-. The van der Waals surface area contributed by atoms with Crippen LogP contribution in [-0.4, -0.2) is 27.4 Å². The molecule has 0 radical (unpaired) electrons. The van der Waals surface area contributed by atoms with Crippen LogP contribution in [0.2, 0.25) is 0 Å². The lowest BCUT2D eigenvalue weighted by Crippen LogP contribution is -1.90. The number of nitrogens with zero attached hydrogens (tertiary/aromatic N) is 3. The Morgan fingerprint density at radius 3 is 2.62 bits per heavy atom. The molecule has 2 aromatic heterocycles. The number of H-pyrrole nitrogens is 1. The molecule has 0 spiro atoms. The quantitative estimate of drug-likeness (QED) is 0.621. The van der Waals surface area contributed by atoms with Gasteiger partial charge in [0.25, 0.3) is 0 Å². The highest BCUT2D eigenvalue weighted by Crippen LogP contribution is 2.33. The minimum atomic E-state index is 0.285. The normalized spacial score (nSPS) is 11.4. The molecule has 2 N–H and O–H groups in total. The van der Waals surface area contributed by atoms with Gasteiger partial charge in [-0.3, -0.25) is 9.98 Å². The fourth-order valence-electron chi connectivity index (χ4n) is 2.76. The lowest BCUT2D eigenvalue weighted by atomic mass is 10.0. The first-order valence-corrected chi connectivity index (χ1v) is 8.67. The van der Waals surface area contributed by atoms with E-state index in [-0.39, 0.29) is 5.92 Å². The van der Waals surface area contributed by atoms with Crippen LogP contribution in [0, 0.1) is 19.3 Å². The van der Waals surface area contributed by atoms with E-state index in [1.54, 1.807) is 0 Å². The Labute approximate surface area is 153 Å². The summed E-state index contributed by atoms with van der Waals surface area (Å²) in [5.74, 6) is 1.22. The van der Waals surface area contributed by atoms with E-state index in [2.05, 4.69) is 34.9 Å². The lowest BCUT2D eigenvalue weighted by molar-refractivity contribution is 0.795. The summed E-state index contributed by atoms with van der Waals surface area (Å²) in [5, 5.41) is 7.16. The largest absolute Gasteiger partial charge is 0.341 e. The van der Waals surface area contributed by atoms with Crippen LogP contribution < -0.4 is 0 Å². The Balaban J connectivity index is 2.18. The summed E-state index contributed by atoms with van der Waals surface area (Å²) in [6.07, 6.45) is 2.67. The zero-order valence-corrected chi connectivity index (χ0v) is 15.5. The highest BCUT2D eigenvalue weighted by molar-refractivity contribution is 6.15. The Hall–Kier alpha value is -3.08. The predicted molar refractivity (Wildman–Crippen MR) is 108 cm³/mol. The zero-order valence-electron chi connectivity index (χ0n) is 15.5. The van der Waals surface area contributed by atoms with Gasteiger partial charge in [0.05, 0.1) is 17.1 Å². The van der Waals surface area contributed by atoms with Crippen LogP contribution in [0.5, 0.6) is 0 Å². The van der Waals surface area contributed by atoms with E-state index in [0.29, 0.717) is 0 Å². The number of hydrogen-bond acceptors (Lipinski definition) is 4. The lowest BCUT2D eigenvalue weighted by Gasteiger charge is -2.06. The molecule has 0 fully saturated rings. The van der Waals surface area contributed by atoms with Gasteiger partial charge < -0.3 is 10.4 Å². The topological polar surface area (TPSA) is 77.8 Å². The Kier molecular flexibility index (Phi) is 5.07. The molecular weight excluding hydrogens is 322 g/mol. The van der Waals surface area contributed by atoms with Crippen molar-refractivity contribution in [3.8, 4) is 22.6 Å². The molecule has 5 heteroatoms. The van der Waals surface area contributed by atoms with Gasteiger partial charge >= 0.3 is 0 Å². The van der Waals surface area contributed by atoms with Gasteiger partial charge in [0.15, 0.2) is 0 Å². The number of aromatic nitrogens is 3. The molecule has 132 valence electrons. The molecule has 1 aromatic carbocycles. The maximum atomic E-state index is 7.16. The number of aromatic amines is 1. The molecule has 0 aliphatic heterocycles. The monoisotopic (exact) mass is 345 g/mol. The highest BCUT2D eigenvalue weighted by Gasteiger charge is 2.17. The van der Waals surface area contributed by atoms with E-state index in [1.165, 1.54) is 12.4 Å². The summed E-state index contributed by atoms with van der Waals surface area (Å²) in [7, 11) is 0. The molecule has 0 aliphatic rings. The van der Waals surface area contributed by atoms with Crippen LogP contribution in [-0.2, 0) is 0 Å². The smallest absolute Gasteiger partial charge is 0.115 e. The first-order valence-electron chi connectivity index (χ1n) is 8.67. The molecule has 0 bridgehead atoms. The predicted octanol–water partition coefficient (Wildman–Crippen LogP) is 5.23. The number of nitrogens with one attached hydrogen (secondary N) is 2. The first-order chi connectivity index (χ1) is 12.5. The minimum absolute atomic E-state index is 0.285. The molecule has 0 aliphatic carbocycles. The average molecular weight is 345 g/mol. The Bertz CT molecular complexity index is 966. The van der Waals surface area contributed by atoms with Crippen molar-refractivity contribution in [2.24, 2.45) is 4.99 Å². The van der Waals surface area contributed by atoms with Crippen LogP contribution >= 0.6 is 0 Å². The van der Waals surface area contributed by atoms with Gasteiger partial charge in [-0.05, 0) is 37.6 Å². The number of hydrogen-bond donors (Lipinski definition) is 2. The average Bonchev–Trinajstić information content (AvgIpc) is 3.07. The van der Waals surface area contributed by atoms with Crippen molar-refractivity contribution >= 4 is 18.1 Å². The molecule has 3 rings (SSSR count). The van der Waals surface area contributed by atoms with Crippen LogP contribution in [0.4, 0.5) is 5.69 Å². The summed E-state index contributed by atoms with van der Waals surface area (Å²) in [6.45, 7) is 8.22. The van der Waals surface area contributed by atoms with E-state index in [4.69, 9.17) is 10.4 Å². The van der Waals surface area contributed by atoms with E-state index in [9.17, 15) is 0 Å². The van der Waals surface area contributed by atoms with E-state index in [1.807, 2.05) is 44.2 Å². The number of pyridine rings is 1. The fourth-order valence-corrected chi connectivity index (χ4v) is 2.76. The van der Waals surface area contributed by atoms with Crippen molar-refractivity contribution in [3.63, 3.8) is 0 Å². The fraction of sp³-hybridized carbons (Fsp3) is 0.238. The van der Waals surface area contributed by atoms with Crippen molar-refractivity contribution in [3.05, 3.63) is 53.5 Å². The van der Waals surface area contributed by atoms with Crippen molar-refractivity contribution in [2.75, 3.05) is 0 Å². The molecule has 0 saturated carbocycles. The maximum absolute atomic E-state index is 7.16. The molecule has 0 amide bonds. The molecule has 2 heterocycles. The van der Waals surface area contributed by atoms with Crippen molar-refractivity contribution in [2.45, 2.75) is 33.6 Å². The van der Waals surface area contributed by atoms with E-state index >= 15 is 0 Å². The number of aryl methyl sites for hydroxylation is 2. The second kappa shape index (κ2) is 7.44. The van der Waals surface area contributed by atoms with Crippen molar-refractivity contribution < 1.29 is 0 Å². The number of aliphatic imine (C=N–C) groups is 1. The van der Waals surface area contributed by atoms with Gasteiger partial charge in [0, 0.05) is 29.6 Å². The van der Waals surface area contributed by atoms with Crippen molar-refractivity contribution in [1.82, 2.24) is 15.0 Å². The van der Waals surface area contributed by atoms with Crippen LogP contribution in [0.15, 0.2) is 41.4 Å². The molecule has 5 nitrogen and oxygen atoms in total. The van der Waals surface area contributed by atoms with Crippen LogP contribution in [0.3, 0.4) is 0 Å². The Morgan fingerprint density at radius 1 is 1.12 bits per heavy atom. The van der Waals surface area contributed by atoms with Gasteiger partial charge in [0.1, 0.15) is 11.5 Å². The van der Waals surface area contributed by atoms with E-state index < -0.39 is 0 Å². The van der Waals surface area contributed by atoms with E-state index in [0.717, 1.165) is 45.4 Å². The second-order valence-electron chi connectivity index (χ2n) is 6.61. The highest BCUT2D eigenvalue weighted by atomic mass is 15.0. The summed E-state index contributed by atoms with van der Waals surface area (Å²) >= 11 is 0. The van der Waals surface area contributed by atoms with Gasteiger partial charge in [-0.25, -0.2) is 4.98 Å². The van der Waals surface area contributed by atoms with Gasteiger partial charge in [-0.15, -0.1) is 0 Å². The Morgan fingerprint density at radius 2 is 1.92 bits per heavy atom. The first kappa shape index (κ1) is 17.7. The third kappa shape index (κ3) is 3.61. The van der Waals surface area contributed by atoms with Crippen LogP contribution in [0.25, 0.3) is 22.6 Å². The molecule has 0 unspecified atom stereocenters. The summed E-state index contributed by atoms with van der Waals surface area (Å²) < 4.78 is 0. The number of benzene rings is 1. The molecule has 0 atom stereocenters. The van der Waals surface area contributed by atoms with Crippen LogP contribution in [0.1, 0.15) is 36.8 Å². The minimum Gasteiger partial charge on any atom is -0.341 e. The maximum Gasteiger partial charge on any atom is 0.115 e. The second-order valence-corrected chi connectivity index (χ2v) is 6.61. The third-order valence-corrected chi connectivity index (χ3v) is 4.19. The summed E-state index contributed by atoms with van der Waals surface area (Å²) in [5.41, 5.74) is 6.52. The van der Waals surface area contributed by atoms with Gasteiger partial charge in [0.2, 0.25) is 0 Å². The summed E-state index contributed by atoms with van der Waals surface area (Å²) in [4.78, 5) is 17.3. The molecule has 26 heavy (non-hydrogen) atoms. The number of imidazole rings is 1. The molecular formula is C21H23N5. The zero-order chi connectivity index (χ0) is 18.7. The third-order valence-electron chi connectivity index (χ3n) is 4.19. The molecule has 3 aromatic rings. The summed E-state index contributed by atoms with van der Waals surface area (Å²) in [6, 6.07) is 12.1. The van der Waals surface area contributed by atoms with Gasteiger partial charge in [-0.2, -0.15) is 0 Å². The number of rotatable bonds is 5. The SMILES string of the molecule is Cc1cccc(-c2nc(C(C)C)[nH]c2-c2ccc(C)c(/N=C\C=N)c2)n1.